The number of ether oxygens (including phenoxy) is 2. The normalized spacial score (nSPS) is 21.8. The predicted octanol–water partition coefficient (Wildman–Crippen LogP) is 1.29. The molecule has 2 heterocycles. The Bertz CT molecular complexity index is 369. The van der Waals surface area contributed by atoms with E-state index in [1.807, 2.05) is 18.3 Å². The van der Waals surface area contributed by atoms with Crippen LogP contribution in [0.25, 0.3) is 0 Å². The second-order valence-electron chi connectivity index (χ2n) is 5.24. The molecule has 0 aliphatic carbocycles. The fourth-order valence-corrected chi connectivity index (χ4v) is 2.23. The van der Waals surface area contributed by atoms with E-state index in [4.69, 9.17) is 9.47 Å². The second-order valence-corrected chi connectivity index (χ2v) is 5.24. The van der Waals surface area contributed by atoms with Gasteiger partial charge in [-0.2, -0.15) is 0 Å². The van der Waals surface area contributed by atoms with Gasteiger partial charge in [-0.25, -0.2) is 0 Å². The molecule has 0 bridgehead atoms. The van der Waals surface area contributed by atoms with Crippen LogP contribution in [0.2, 0.25) is 0 Å². The first-order valence-corrected chi connectivity index (χ1v) is 7.26. The summed E-state index contributed by atoms with van der Waals surface area (Å²) in [6.07, 6.45) is 5.47. The molecule has 1 aliphatic rings. The zero-order chi connectivity index (χ0) is 14.2. The number of aromatic nitrogens is 1. The highest BCUT2D eigenvalue weighted by molar-refractivity contribution is 5.12. The summed E-state index contributed by atoms with van der Waals surface area (Å²) in [5, 5.41) is 13.2. The van der Waals surface area contributed by atoms with Crippen molar-refractivity contribution in [2.45, 2.75) is 38.0 Å². The molecule has 5 heteroatoms. The van der Waals surface area contributed by atoms with E-state index in [1.165, 1.54) is 0 Å². The zero-order valence-electron chi connectivity index (χ0n) is 12.0. The fourth-order valence-electron chi connectivity index (χ4n) is 2.23. The number of aliphatic hydroxyl groups excluding tert-OH is 1. The molecule has 0 aromatic carbocycles. The van der Waals surface area contributed by atoms with Gasteiger partial charge in [0.25, 0.3) is 0 Å². The van der Waals surface area contributed by atoms with Gasteiger partial charge in [-0.1, -0.05) is 6.07 Å². The third kappa shape index (κ3) is 5.17. The van der Waals surface area contributed by atoms with Crippen LogP contribution in [0.1, 0.15) is 31.4 Å². The average Bonchev–Trinajstić information content (AvgIpc) is 2.99. The maximum Gasteiger partial charge on any atom is 0.0897 e. The summed E-state index contributed by atoms with van der Waals surface area (Å²) in [4.78, 5) is 4.09. The molecule has 1 saturated heterocycles. The van der Waals surface area contributed by atoms with Crippen molar-refractivity contribution in [3.63, 3.8) is 0 Å². The summed E-state index contributed by atoms with van der Waals surface area (Å²) in [6, 6.07) is 4.09. The maximum atomic E-state index is 9.87. The quantitative estimate of drug-likeness (QED) is 0.751. The van der Waals surface area contributed by atoms with Crippen LogP contribution < -0.4 is 5.32 Å². The lowest BCUT2D eigenvalue weighted by atomic mass is 10.1. The average molecular weight is 280 g/mol. The summed E-state index contributed by atoms with van der Waals surface area (Å²) < 4.78 is 11.0. The van der Waals surface area contributed by atoms with E-state index >= 15 is 0 Å². The van der Waals surface area contributed by atoms with E-state index in [0.717, 1.165) is 25.0 Å². The first kappa shape index (κ1) is 15.4. The Balaban J connectivity index is 1.58. The Kier molecular flexibility index (Phi) is 6.39. The first-order valence-electron chi connectivity index (χ1n) is 7.26. The molecule has 0 spiro atoms. The lowest BCUT2D eigenvalue weighted by Crippen LogP contribution is -2.33. The van der Waals surface area contributed by atoms with Gasteiger partial charge in [-0.15, -0.1) is 0 Å². The Labute approximate surface area is 120 Å². The number of rotatable bonds is 8. The van der Waals surface area contributed by atoms with Gasteiger partial charge in [-0.3, -0.25) is 4.98 Å². The van der Waals surface area contributed by atoms with Crippen LogP contribution in [0, 0.1) is 0 Å². The van der Waals surface area contributed by atoms with Crippen LogP contribution in [-0.4, -0.2) is 48.7 Å². The van der Waals surface area contributed by atoms with Gasteiger partial charge < -0.3 is 19.9 Å². The molecule has 2 N–H and O–H groups in total. The summed E-state index contributed by atoms with van der Waals surface area (Å²) in [6.45, 7) is 4.31. The second kappa shape index (κ2) is 8.32. The van der Waals surface area contributed by atoms with Crippen LogP contribution in [0.15, 0.2) is 24.5 Å². The molecule has 3 atom stereocenters. The first-order chi connectivity index (χ1) is 9.75. The molecule has 1 fully saturated rings. The number of nitrogens with one attached hydrogen (secondary N) is 1. The molecule has 112 valence electrons. The van der Waals surface area contributed by atoms with Gasteiger partial charge in [0.05, 0.1) is 25.4 Å². The molecule has 2 rings (SSSR count). The Morgan fingerprint density at radius 2 is 2.50 bits per heavy atom. The van der Waals surface area contributed by atoms with Gasteiger partial charge in [0.1, 0.15) is 0 Å². The highest BCUT2D eigenvalue weighted by Crippen LogP contribution is 2.12. The maximum absolute atomic E-state index is 9.87. The lowest BCUT2D eigenvalue weighted by molar-refractivity contribution is -0.0168. The topological polar surface area (TPSA) is 63.6 Å². The number of hydrogen-bond acceptors (Lipinski definition) is 5. The van der Waals surface area contributed by atoms with Crippen LogP contribution in [0.3, 0.4) is 0 Å². The van der Waals surface area contributed by atoms with Crippen LogP contribution in [-0.2, 0) is 9.47 Å². The third-order valence-corrected chi connectivity index (χ3v) is 3.48. The highest BCUT2D eigenvalue weighted by Gasteiger charge is 2.16. The molecule has 20 heavy (non-hydrogen) atoms. The van der Waals surface area contributed by atoms with E-state index in [9.17, 15) is 5.11 Å². The van der Waals surface area contributed by atoms with Crippen molar-refractivity contribution in [2.24, 2.45) is 0 Å². The van der Waals surface area contributed by atoms with E-state index in [1.54, 1.807) is 6.20 Å². The number of pyridine rings is 1. The van der Waals surface area contributed by atoms with Gasteiger partial charge >= 0.3 is 0 Å². The summed E-state index contributed by atoms with van der Waals surface area (Å²) >= 11 is 0. The minimum absolute atomic E-state index is 0.163. The Hall–Kier alpha value is -1.01. The lowest BCUT2D eigenvalue weighted by Gasteiger charge is -2.18. The van der Waals surface area contributed by atoms with Crippen LogP contribution >= 0.6 is 0 Å². The molecule has 5 nitrogen and oxygen atoms in total. The monoisotopic (exact) mass is 280 g/mol. The van der Waals surface area contributed by atoms with Crippen LogP contribution in [0.5, 0.6) is 0 Å². The van der Waals surface area contributed by atoms with E-state index in [-0.39, 0.29) is 12.1 Å². The molecule has 1 aromatic heterocycles. The van der Waals surface area contributed by atoms with Crippen molar-refractivity contribution in [3.8, 4) is 0 Å². The largest absolute Gasteiger partial charge is 0.389 e. The summed E-state index contributed by atoms with van der Waals surface area (Å²) in [7, 11) is 0. The van der Waals surface area contributed by atoms with Gasteiger partial charge in [-0.05, 0) is 31.4 Å². The van der Waals surface area contributed by atoms with Crippen molar-refractivity contribution in [1.29, 1.82) is 0 Å². The van der Waals surface area contributed by atoms with Crippen molar-refractivity contribution >= 4 is 0 Å². The highest BCUT2D eigenvalue weighted by atomic mass is 16.5. The molecular formula is C15H24N2O3. The molecule has 0 radical (unpaired) electrons. The van der Waals surface area contributed by atoms with Crippen molar-refractivity contribution < 1.29 is 14.6 Å². The standard InChI is InChI=1S/C15H24N2O3/c1-12(13-4-2-6-16-8-13)17-9-14(18)10-19-11-15-5-3-7-20-15/h2,4,6,8,12,14-15,17-18H,3,5,7,9-11H2,1H3. The van der Waals surface area contributed by atoms with Crippen molar-refractivity contribution in [1.82, 2.24) is 10.3 Å². The van der Waals surface area contributed by atoms with Gasteiger partial charge in [0, 0.05) is 31.6 Å². The molecule has 0 saturated carbocycles. The number of aliphatic hydroxyl groups is 1. The van der Waals surface area contributed by atoms with Crippen molar-refractivity contribution in [3.05, 3.63) is 30.1 Å². The Morgan fingerprint density at radius 3 is 3.20 bits per heavy atom. The van der Waals surface area contributed by atoms with E-state index in [2.05, 4.69) is 17.2 Å². The summed E-state index contributed by atoms with van der Waals surface area (Å²) in [5.74, 6) is 0. The van der Waals surface area contributed by atoms with E-state index < -0.39 is 6.10 Å². The minimum Gasteiger partial charge on any atom is -0.389 e. The zero-order valence-corrected chi connectivity index (χ0v) is 12.0. The van der Waals surface area contributed by atoms with Gasteiger partial charge in [0.15, 0.2) is 0 Å². The third-order valence-electron chi connectivity index (χ3n) is 3.48. The van der Waals surface area contributed by atoms with Crippen LogP contribution in [0.4, 0.5) is 0 Å². The summed E-state index contributed by atoms with van der Waals surface area (Å²) in [5.41, 5.74) is 1.11. The minimum atomic E-state index is -0.504. The molecule has 1 aromatic rings. The fraction of sp³-hybridized carbons (Fsp3) is 0.667. The predicted molar refractivity (Wildman–Crippen MR) is 76.5 cm³/mol. The molecule has 3 unspecified atom stereocenters. The molecule has 0 amide bonds. The Morgan fingerprint density at radius 1 is 1.60 bits per heavy atom. The SMILES string of the molecule is CC(NCC(O)COCC1CCCO1)c1cccnc1. The molecule has 1 aliphatic heterocycles. The van der Waals surface area contributed by atoms with Gasteiger partial charge in [0.2, 0.25) is 0 Å². The smallest absolute Gasteiger partial charge is 0.0897 e. The number of nitrogens with zero attached hydrogens (tertiary/aromatic N) is 1. The van der Waals surface area contributed by atoms with Crippen molar-refractivity contribution in [2.75, 3.05) is 26.4 Å². The van der Waals surface area contributed by atoms with E-state index in [0.29, 0.717) is 19.8 Å². The molecular weight excluding hydrogens is 256 g/mol. The number of hydrogen-bond donors (Lipinski definition) is 2.